The Morgan fingerprint density at radius 3 is 1.68 bits per heavy atom. The number of nitrogens with one attached hydrogen (secondary N) is 4. The van der Waals surface area contributed by atoms with Gasteiger partial charge in [0.25, 0.3) is 11.8 Å². The van der Waals surface area contributed by atoms with E-state index in [2.05, 4.69) is 75.0 Å². The minimum Gasteiger partial charge on any atom is -0.358 e. The molecule has 3 amide bonds. The highest BCUT2D eigenvalue weighted by molar-refractivity contribution is 5.95. The predicted molar refractivity (Wildman–Crippen MR) is 159 cm³/mol. The average Bonchev–Trinajstić information content (AvgIpc) is 2.88. The normalized spacial score (nSPS) is 10.8. The van der Waals surface area contributed by atoms with E-state index in [9.17, 15) is 19.2 Å². The first-order valence-corrected chi connectivity index (χ1v) is 13.9. The Labute approximate surface area is 241 Å². The van der Waals surface area contributed by atoms with Crippen LogP contribution in [0.3, 0.4) is 0 Å². The monoisotopic (exact) mass is 569 g/mol. The molecule has 0 bridgehead atoms. The standard InChI is InChI=1S/C15H21N3O5.C5H11NO.C5H13N.C4H10/c1-4-22-17-14(20)12-6-5-7-13(16-12)15(21)18-23-11(9-19)8-10(2)3;1-5(2)3-6-4-7;1-5(2)4-6-3;1-4(2)3/h5-7,9-11H,4,8H2,1-3H3,(H,17,20)(H,18,21);4-5H,3H2,1-2H3,(H,6,7);5-6H,4H2,1-3H3;4H,1-3H3. The summed E-state index contributed by atoms with van der Waals surface area (Å²) in [5.74, 6) is 1.21. The van der Waals surface area contributed by atoms with Crippen LogP contribution in [0.1, 0.15) is 96.6 Å². The van der Waals surface area contributed by atoms with Crippen LogP contribution in [0.2, 0.25) is 0 Å². The van der Waals surface area contributed by atoms with Gasteiger partial charge in [-0.1, -0.05) is 68.4 Å². The van der Waals surface area contributed by atoms with Gasteiger partial charge in [-0.15, -0.1) is 0 Å². The Kier molecular flexibility index (Phi) is 28.8. The number of carbonyl (C=O) groups excluding carboxylic acids is 4. The fourth-order valence-corrected chi connectivity index (χ4v) is 2.35. The second kappa shape index (κ2) is 27.7. The average molecular weight is 570 g/mol. The molecule has 0 aliphatic rings. The zero-order valence-electron chi connectivity index (χ0n) is 26.5. The van der Waals surface area contributed by atoms with Crippen molar-refractivity contribution in [3.63, 3.8) is 0 Å². The van der Waals surface area contributed by atoms with Crippen molar-refractivity contribution in [3.8, 4) is 0 Å². The molecular formula is C29H55N5O6. The number of aromatic nitrogens is 1. The van der Waals surface area contributed by atoms with Gasteiger partial charge in [0, 0.05) is 6.54 Å². The molecule has 1 unspecified atom stereocenters. The smallest absolute Gasteiger partial charge is 0.293 e. The number of rotatable bonds is 14. The number of hydrogen-bond acceptors (Lipinski definition) is 8. The lowest BCUT2D eigenvalue weighted by Gasteiger charge is -2.13. The molecule has 0 aliphatic carbocycles. The predicted octanol–water partition coefficient (Wildman–Crippen LogP) is 3.95. The van der Waals surface area contributed by atoms with E-state index in [0.717, 1.165) is 31.3 Å². The van der Waals surface area contributed by atoms with Crippen LogP contribution < -0.4 is 21.6 Å². The summed E-state index contributed by atoms with van der Waals surface area (Å²) in [6, 6.07) is 4.38. The summed E-state index contributed by atoms with van der Waals surface area (Å²) < 4.78 is 0. The van der Waals surface area contributed by atoms with Crippen LogP contribution in [0.5, 0.6) is 0 Å². The lowest BCUT2D eigenvalue weighted by Crippen LogP contribution is -2.32. The maximum atomic E-state index is 12.0. The lowest BCUT2D eigenvalue weighted by molar-refractivity contribution is -0.122. The number of carbonyl (C=O) groups is 4. The summed E-state index contributed by atoms with van der Waals surface area (Å²) in [5.41, 5.74) is 4.37. The van der Waals surface area contributed by atoms with E-state index in [1.807, 2.05) is 20.9 Å². The number of amides is 3. The van der Waals surface area contributed by atoms with Gasteiger partial charge in [0.05, 0.1) is 6.61 Å². The maximum absolute atomic E-state index is 12.0. The van der Waals surface area contributed by atoms with Crippen molar-refractivity contribution in [1.29, 1.82) is 0 Å². The highest BCUT2D eigenvalue weighted by Gasteiger charge is 2.16. The van der Waals surface area contributed by atoms with E-state index in [1.165, 1.54) is 18.2 Å². The molecule has 11 nitrogen and oxygen atoms in total. The van der Waals surface area contributed by atoms with Crippen LogP contribution in [0.25, 0.3) is 0 Å². The number of aldehydes is 1. The summed E-state index contributed by atoms with van der Waals surface area (Å²) in [6.07, 6.45) is 1.09. The van der Waals surface area contributed by atoms with Crippen molar-refractivity contribution in [2.75, 3.05) is 26.7 Å². The molecule has 0 radical (unpaired) electrons. The Morgan fingerprint density at radius 2 is 1.35 bits per heavy atom. The topological polar surface area (TPSA) is 148 Å². The molecule has 1 heterocycles. The van der Waals surface area contributed by atoms with Gasteiger partial charge in [0.1, 0.15) is 17.5 Å². The number of hydrogen-bond donors (Lipinski definition) is 4. The van der Waals surface area contributed by atoms with E-state index >= 15 is 0 Å². The van der Waals surface area contributed by atoms with Gasteiger partial charge in [0.15, 0.2) is 6.29 Å². The van der Waals surface area contributed by atoms with Gasteiger partial charge >= 0.3 is 0 Å². The maximum Gasteiger partial charge on any atom is 0.293 e. The van der Waals surface area contributed by atoms with Crippen molar-refractivity contribution in [2.45, 2.75) is 81.8 Å². The van der Waals surface area contributed by atoms with Gasteiger partial charge in [-0.2, -0.15) is 0 Å². The molecule has 1 aromatic rings. The molecule has 1 rings (SSSR count). The van der Waals surface area contributed by atoms with Crippen LogP contribution in [-0.4, -0.2) is 62.3 Å². The molecule has 232 valence electrons. The van der Waals surface area contributed by atoms with Crippen LogP contribution in [0.15, 0.2) is 18.2 Å². The van der Waals surface area contributed by atoms with Crippen molar-refractivity contribution in [2.24, 2.45) is 23.7 Å². The molecule has 1 aromatic heterocycles. The minimum absolute atomic E-state index is 0.0108. The summed E-state index contributed by atoms with van der Waals surface area (Å²) >= 11 is 0. The first-order chi connectivity index (χ1) is 18.7. The summed E-state index contributed by atoms with van der Waals surface area (Å²) in [4.78, 5) is 57.9. The van der Waals surface area contributed by atoms with E-state index in [-0.39, 0.29) is 17.3 Å². The molecule has 11 heteroatoms. The highest BCUT2D eigenvalue weighted by atomic mass is 16.7. The van der Waals surface area contributed by atoms with Crippen molar-refractivity contribution in [1.82, 2.24) is 26.6 Å². The minimum atomic E-state index is -0.733. The fraction of sp³-hybridized carbons (Fsp3) is 0.690. The van der Waals surface area contributed by atoms with E-state index in [0.29, 0.717) is 25.2 Å². The zero-order chi connectivity index (χ0) is 31.5. The quantitative estimate of drug-likeness (QED) is 0.194. The molecule has 1 atom stereocenters. The Bertz CT molecular complexity index is 785. The van der Waals surface area contributed by atoms with Crippen LogP contribution in [0.4, 0.5) is 0 Å². The van der Waals surface area contributed by atoms with Gasteiger partial charge < -0.3 is 15.4 Å². The van der Waals surface area contributed by atoms with Crippen LogP contribution in [-0.2, 0) is 19.3 Å². The van der Waals surface area contributed by atoms with Crippen LogP contribution >= 0.6 is 0 Å². The highest BCUT2D eigenvalue weighted by Crippen LogP contribution is 2.06. The van der Waals surface area contributed by atoms with Gasteiger partial charge in [-0.25, -0.2) is 15.9 Å². The van der Waals surface area contributed by atoms with E-state index in [1.54, 1.807) is 6.92 Å². The SMILES string of the molecule is CC(C)C.CC(C)CNC=O.CCONC(=O)c1cccc(C(=O)NOC(C=O)CC(C)C)n1.CNCC(C)C. The lowest BCUT2D eigenvalue weighted by atomic mass is 10.1. The Hall–Kier alpha value is -2.89. The third-order valence-electron chi connectivity index (χ3n) is 3.90. The Balaban J connectivity index is -0.000000653. The van der Waals surface area contributed by atoms with Crippen molar-refractivity contribution in [3.05, 3.63) is 29.6 Å². The van der Waals surface area contributed by atoms with E-state index < -0.39 is 17.9 Å². The molecular weight excluding hydrogens is 514 g/mol. The fourth-order valence-electron chi connectivity index (χ4n) is 2.35. The number of pyridine rings is 1. The molecule has 40 heavy (non-hydrogen) atoms. The van der Waals surface area contributed by atoms with E-state index in [4.69, 9.17) is 9.68 Å². The summed E-state index contributed by atoms with van der Waals surface area (Å²) in [7, 11) is 1.97. The van der Waals surface area contributed by atoms with Crippen molar-refractivity contribution >= 4 is 24.5 Å². The van der Waals surface area contributed by atoms with Gasteiger partial charge in [-0.05, 0) is 62.7 Å². The molecule has 0 aromatic carbocycles. The van der Waals surface area contributed by atoms with Crippen LogP contribution in [0, 0.1) is 23.7 Å². The second-order valence-corrected chi connectivity index (χ2v) is 10.7. The molecule has 0 aliphatic heterocycles. The third kappa shape index (κ3) is 29.7. The summed E-state index contributed by atoms with van der Waals surface area (Å²) in [5, 5.41) is 5.63. The van der Waals surface area contributed by atoms with Gasteiger partial charge in [-0.3, -0.25) is 24.1 Å². The van der Waals surface area contributed by atoms with Crippen molar-refractivity contribution < 1.29 is 28.9 Å². The van der Waals surface area contributed by atoms with Gasteiger partial charge in [0.2, 0.25) is 6.41 Å². The molecule has 0 fully saturated rings. The number of hydroxylamine groups is 2. The first-order valence-electron chi connectivity index (χ1n) is 13.9. The summed E-state index contributed by atoms with van der Waals surface area (Å²) in [6.45, 7) is 22.8. The third-order valence-corrected chi connectivity index (χ3v) is 3.90. The number of nitrogens with zero attached hydrogens (tertiary/aromatic N) is 1. The first kappa shape index (κ1) is 41.6. The molecule has 0 saturated heterocycles. The zero-order valence-corrected chi connectivity index (χ0v) is 26.5. The molecule has 0 saturated carbocycles. The molecule has 4 N–H and O–H groups in total. The largest absolute Gasteiger partial charge is 0.358 e. The second-order valence-electron chi connectivity index (χ2n) is 10.7. The Morgan fingerprint density at radius 1 is 0.850 bits per heavy atom. The molecule has 0 spiro atoms.